The molecule has 2 amide bonds. The van der Waals surface area contributed by atoms with Gasteiger partial charge in [0.2, 0.25) is 17.7 Å². The number of hydrogen-bond acceptors (Lipinski definition) is 4. The quantitative estimate of drug-likeness (QED) is 0.882. The van der Waals surface area contributed by atoms with E-state index in [1.165, 1.54) is 0 Å². The van der Waals surface area contributed by atoms with Crippen LogP contribution in [0.15, 0.2) is 18.3 Å². The van der Waals surface area contributed by atoms with Crippen LogP contribution < -0.4 is 10.1 Å². The highest BCUT2D eigenvalue weighted by Gasteiger charge is 2.38. The average Bonchev–Trinajstić information content (AvgIpc) is 2.48. The maximum Gasteiger partial charge on any atom is 0.245 e. The predicted molar refractivity (Wildman–Crippen MR) is 77.6 cm³/mol. The zero-order chi connectivity index (χ0) is 15.4. The van der Waals surface area contributed by atoms with E-state index in [0.29, 0.717) is 18.8 Å². The number of nitrogens with one attached hydrogen (secondary N) is 1. The Morgan fingerprint density at radius 2 is 2.19 bits per heavy atom. The Labute approximate surface area is 124 Å². The van der Waals surface area contributed by atoms with Crippen LogP contribution in [0, 0.1) is 0 Å². The van der Waals surface area contributed by atoms with Gasteiger partial charge in [-0.15, -0.1) is 0 Å². The summed E-state index contributed by atoms with van der Waals surface area (Å²) in [5, 5.41) is 2.73. The standard InChI is InChI=1S/C15H21N3O3/c1-4-6-12-13(19)17-10(2)15(20)18(12)9-11-7-5-8-16-14(11)21-3/h5,7-8,10,12H,4,6,9H2,1-3H3,(H,17,19). The summed E-state index contributed by atoms with van der Waals surface area (Å²) < 4.78 is 5.22. The van der Waals surface area contributed by atoms with Crippen LogP contribution in [-0.2, 0) is 16.1 Å². The van der Waals surface area contributed by atoms with Gasteiger partial charge >= 0.3 is 0 Å². The van der Waals surface area contributed by atoms with Crippen molar-refractivity contribution in [2.24, 2.45) is 0 Å². The average molecular weight is 291 g/mol. The Morgan fingerprint density at radius 3 is 2.86 bits per heavy atom. The zero-order valence-corrected chi connectivity index (χ0v) is 12.6. The van der Waals surface area contributed by atoms with Crippen LogP contribution in [0.4, 0.5) is 0 Å². The molecule has 2 atom stereocenters. The molecule has 1 aliphatic heterocycles. The molecule has 6 heteroatoms. The number of nitrogens with zero attached hydrogens (tertiary/aromatic N) is 2. The minimum absolute atomic E-state index is 0.0704. The molecule has 1 aromatic rings. The van der Waals surface area contributed by atoms with E-state index in [9.17, 15) is 9.59 Å². The van der Waals surface area contributed by atoms with Gasteiger partial charge in [-0.25, -0.2) is 4.98 Å². The number of aromatic nitrogens is 1. The molecule has 2 rings (SSSR count). The fourth-order valence-corrected chi connectivity index (χ4v) is 2.58. The number of carbonyl (C=O) groups excluding carboxylic acids is 2. The van der Waals surface area contributed by atoms with Crippen molar-refractivity contribution in [1.82, 2.24) is 15.2 Å². The second-order valence-electron chi connectivity index (χ2n) is 5.17. The van der Waals surface area contributed by atoms with Crippen molar-refractivity contribution in [2.75, 3.05) is 7.11 Å². The van der Waals surface area contributed by atoms with Crippen molar-refractivity contribution in [1.29, 1.82) is 0 Å². The molecule has 1 fully saturated rings. The first kappa shape index (κ1) is 15.3. The van der Waals surface area contributed by atoms with E-state index < -0.39 is 12.1 Å². The van der Waals surface area contributed by atoms with Crippen LogP contribution in [0.1, 0.15) is 32.3 Å². The lowest BCUT2D eigenvalue weighted by atomic mass is 10.0. The molecule has 0 spiro atoms. The van der Waals surface area contributed by atoms with Crippen molar-refractivity contribution in [3.63, 3.8) is 0 Å². The Balaban J connectivity index is 2.28. The molecule has 1 aromatic heterocycles. The third-order valence-electron chi connectivity index (χ3n) is 3.64. The van der Waals surface area contributed by atoms with E-state index in [2.05, 4.69) is 10.3 Å². The number of hydrogen-bond donors (Lipinski definition) is 1. The van der Waals surface area contributed by atoms with Gasteiger partial charge in [-0.3, -0.25) is 9.59 Å². The summed E-state index contributed by atoms with van der Waals surface area (Å²) in [6.07, 6.45) is 3.12. The lowest BCUT2D eigenvalue weighted by molar-refractivity contribution is -0.149. The molecule has 1 aliphatic rings. The molecule has 114 valence electrons. The monoisotopic (exact) mass is 291 g/mol. The van der Waals surface area contributed by atoms with Gasteiger partial charge in [0.05, 0.1) is 13.7 Å². The molecule has 1 N–H and O–H groups in total. The van der Waals surface area contributed by atoms with Crippen LogP contribution >= 0.6 is 0 Å². The summed E-state index contributed by atoms with van der Waals surface area (Å²) in [5.41, 5.74) is 0.802. The first-order valence-electron chi connectivity index (χ1n) is 7.17. The Morgan fingerprint density at radius 1 is 1.43 bits per heavy atom. The van der Waals surface area contributed by atoms with Crippen molar-refractivity contribution in [3.8, 4) is 5.88 Å². The number of pyridine rings is 1. The molecule has 0 saturated carbocycles. The normalized spacial score (nSPS) is 22.1. The molecule has 0 radical (unpaired) electrons. The summed E-state index contributed by atoms with van der Waals surface area (Å²) in [5.74, 6) is 0.324. The van der Waals surface area contributed by atoms with Crippen LogP contribution in [0.5, 0.6) is 5.88 Å². The maximum atomic E-state index is 12.4. The van der Waals surface area contributed by atoms with E-state index in [4.69, 9.17) is 4.74 Å². The fraction of sp³-hybridized carbons (Fsp3) is 0.533. The largest absolute Gasteiger partial charge is 0.481 e. The third-order valence-corrected chi connectivity index (χ3v) is 3.64. The Bertz CT molecular complexity index is 533. The van der Waals surface area contributed by atoms with E-state index in [0.717, 1.165) is 12.0 Å². The van der Waals surface area contributed by atoms with E-state index in [1.54, 1.807) is 31.2 Å². The SMILES string of the molecule is CCCC1C(=O)NC(C)C(=O)N1Cc1cccnc1OC. The number of ether oxygens (including phenoxy) is 1. The van der Waals surface area contributed by atoms with Crippen LogP contribution in [0.3, 0.4) is 0 Å². The lowest BCUT2D eigenvalue weighted by Gasteiger charge is -2.38. The first-order chi connectivity index (χ1) is 10.1. The van der Waals surface area contributed by atoms with E-state index in [1.807, 2.05) is 13.0 Å². The molecular formula is C15H21N3O3. The molecule has 0 aromatic carbocycles. The van der Waals surface area contributed by atoms with Gasteiger partial charge in [-0.05, 0) is 19.4 Å². The molecule has 1 saturated heterocycles. The first-order valence-corrected chi connectivity index (χ1v) is 7.17. The fourth-order valence-electron chi connectivity index (χ4n) is 2.58. The second-order valence-corrected chi connectivity index (χ2v) is 5.17. The van der Waals surface area contributed by atoms with Gasteiger partial charge in [-0.1, -0.05) is 19.4 Å². The Kier molecular flexibility index (Phi) is 4.77. The molecule has 0 aliphatic carbocycles. The van der Waals surface area contributed by atoms with E-state index in [-0.39, 0.29) is 11.8 Å². The Hall–Kier alpha value is -2.11. The third kappa shape index (κ3) is 3.15. The van der Waals surface area contributed by atoms with Gasteiger partial charge in [0.1, 0.15) is 12.1 Å². The minimum atomic E-state index is -0.492. The highest BCUT2D eigenvalue weighted by Crippen LogP contribution is 2.22. The zero-order valence-electron chi connectivity index (χ0n) is 12.6. The summed E-state index contributed by atoms with van der Waals surface area (Å²) in [4.78, 5) is 30.3. The number of carbonyl (C=O) groups is 2. The predicted octanol–water partition coefficient (Wildman–Crippen LogP) is 1.11. The van der Waals surface area contributed by atoms with E-state index >= 15 is 0 Å². The van der Waals surface area contributed by atoms with Crippen LogP contribution in [-0.4, -0.2) is 40.9 Å². The molecule has 0 bridgehead atoms. The highest BCUT2D eigenvalue weighted by molar-refractivity contribution is 5.96. The minimum Gasteiger partial charge on any atom is -0.481 e. The van der Waals surface area contributed by atoms with Crippen LogP contribution in [0.2, 0.25) is 0 Å². The van der Waals surface area contributed by atoms with Gasteiger partial charge < -0.3 is 15.0 Å². The number of methoxy groups -OCH3 is 1. The van der Waals surface area contributed by atoms with Crippen molar-refractivity contribution in [3.05, 3.63) is 23.9 Å². The molecule has 2 unspecified atom stereocenters. The van der Waals surface area contributed by atoms with Gasteiger partial charge in [0.15, 0.2) is 0 Å². The van der Waals surface area contributed by atoms with Gasteiger partial charge in [0, 0.05) is 11.8 Å². The molecular weight excluding hydrogens is 270 g/mol. The number of piperazine rings is 1. The topological polar surface area (TPSA) is 71.5 Å². The smallest absolute Gasteiger partial charge is 0.245 e. The van der Waals surface area contributed by atoms with Crippen molar-refractivity contribution < 1.29 is 14.3 Å². The summed E-state index contributed by atoms with van der Waals surface area (Å²) in [6.45, 7) is 4.03. The molecule has 21 heavy (non-hydrogen) atoms. The molecule has 6 nitrogen and oxygen atoms in total. The summed E-state index contributed by atoms with van der Waals surface area (Å²) in [6, 6.07) is 2.74. The van der Waals surface area contributed by atoms with Gasteiger partial charge in [0.25, 0.3) is 0 Å². The summed E-state index contributed by atoms with van der Waals surface area (Å²) >= 11 is 0. The highest BCUT2D eigenvalue weighted by atomic mass is 16.5. The second kappa shape index (κ2) is 6.56. The van der Waals surface area contributed by atoms with Crippen molar-refractivity contribution >= 4 is 11.8 Å². The number of rotatable bonds is 5. The summed E-state index contributed by atoms with van der Waals surface area (Å²) in [7, 11) is 1.54. The van der Waals surface area contributed by atoms with Crippen molar-refractivity contribution in [2.45, 2.75) is 45.3 Å². The lowest BCUT2D eigenvalue weighted by Crippen LogP contribution is -2.61. The van der Waals surface area contributed by atoms with Gasteiger partial charge in [-0.2, -0.15) is 0 Å². The molecule has 2 heterocycles. The maximum absolute atomic E-state index is 12.4. The van der Waals surface area contributed by atoms with Crippen LogP contribution in [0.25, 0.3) is 0 Å². The number of amides is 2.